The number of carbonyl (C=O) groups is 2. The molecule has 5 atom stereocenters. The van der Waals surface area contributed by atoms with Gasteiger partial charge in [0.05, 0.1) is 24.2 Å². The van der Waals surface area contributed by atoms with Crippen molar-refractivity contribution in [3.05, 3.63) is 100 Å². The van der Waals surface area contributed by atoms with E-state index in [1.165, 1.54) is 33.4 Å². The molecule has 0 spiro atoms. The monoisotopic (exact) mass is 563 g/mol. The number of hydrogen-bond donors (Lipinski definition) is 5. The molecule has 218 valence electrons. The number of carbonyl (C=O) groups excluding carboxylic acids is 2. The Morgan fingerprint density at radius 2 is 1.33 bits per heavy atom. The number of anilines is 1. The highest BCUT2D eigenvalue weighted by molar-refractivity contribution is 5.83. The molecule has 7 rings (SSSR count). The molecule has 0 radical (unpaired) electrons. The molecular formula is C35H41N5O2. The number of fused-ring (bicyclic) bond motifs is 3. The molecular weight excluding hydrogens is 522 g/mol. The van der Waals surface area contributed by atoms with E-state index in [9.17, 15) is 9.59 Å². The second kappa shape index (κ2) is 11.9. The highest BCUT2D eigenvalue weighted by Gasteiger charge is 2.32. The first-order valence-corrected chi connectivity index (χ1v) is 15.7. The van der Waals surface area contributed by atoms with Crippen molar-refractivity contribution in [3.63, 3.8) is 0 Å². The summed E-state index contributed by atoms with van der Waals surface area (Å²) in [5, 5.41) is 17.2. The van der Waals surface area contributed by atoms with E-state index in [1.807, 2.05) is 0 Å². The van der Waals surface area contributed by atoms with Crippen LogP contribution >= 0.6 is 0 Å². The number of benzene rings is 3. The van der Waals surface area contributed by atoms with Gasteiger partial charge in [0.2, 0.25) is 11.8 Å². The molecule has 5 unspecified atom stereocenters. The number of rotatable bonds is 6. The van der Waals surface area contributed by atoms with Gasteiger partial charge in [-0.1, -0.05) is 54.6 Å². The van der Waals surface area contributed by atoms with E-state index in [1.54, 1.807) is 0 Å². The van der Waals surface area contributed by atoms with Crippen molar-refractivity contribution >= 4 is 17.5 Å². The van der Waals surface area contributed by atoms with E-state index >= 15 is 0 Å². The van der Waals surface area contributed by atoms with Gasteiger partial charge in [-0.3, -0.25) is 9.59 Å². The molecule has 5 N–H and O–H groups in total. The first-order valence-electron chi connectivity index (χ1n) is 15.7. The van der Waals surface area contributed by atoms with Gasteiger partial charge in [-0.2, -0.15) is 0 Å². The largest absolute Gasteiger partial charge is 0.381 e. The van der Waals surface area contributed by atoms with Crippen LogP contribution in [0.2, 0.25) is 0 Å². The lowest BCUT2D eigenvalue weighted by atomic mass is 9.87. The van der Waals surface area contributed by atoms with Crippen LogP contribution in [0.25, 0.3) is 0 Å². The Hall–Kier alpha value is -3.68. The molecule has 1 fully saturated rings. The van der Waals surface area contributed by atoms with Gasteiger partial charge in [-0.05, 0) is 96.9 Å². The molecule has 3 aromatic rings. The van der Waals surface area contributed by atoms with Gasteiger partial charge >= 0.3 is 0 Å². The smallest absolute Gasteiger partial charge is 0.237 e. The molecule has 2 aliphatic heterocycles. The van der Waals surface area contributed by atoms with Crippen molar-refractivity contribution in [2.45, 2.75) is 88.1 Å². The van der Waals surface area contributed by atoms with Crippen molar-refractivity contribution in [1.29, 1.82) is 0 Å². The molecule has 0 bridgehead atoms. The standard InChI is InChI=1S/C35H41N5O2/c41-34(39-30-13-5-9-22-7-1-3-11-28(22)30)32-18-24-15-16-26(17-25(24)20-36-32)38-27-19-33(37-21-27)35(42)40-31-14-6-10-23-8-2-4-12-29(23)31/h1-4,7-8,11-12,15-17,27,30-33,36-38H,5-6,9-10,13-14,18-21H2,(H,39,41)(H,40,42). The molecule has 0 aromatic heterocycles. The van der Waals surface area contributed by atoms with Crippen LogP contribution < -0.4 is 26.6 Å². The summed E-state index contributed by atoms with van der Waals surface area (Å²) in [4.78, 5) is 26.4. The summed E-state index contributed by atoms with van der Waals surface area (Å²) in [7, 11) is 0. The zero-order valence-corrected chi connectivity index (χ0v) is 24.1. The first-order chi connectivity index (χ1) is 20.6. The van der Waals surface area contributed by atoms with E-state index < -0.39 is 0 Å². The third-order valence-electron chi connectivity index (χ3n) is 9.68. The van der Waals surface area contributed by atoms with Crippen LogP contribution in [0, 0.1) is 0 Å². The van der Waals surface area contributed by atoms with Gasteiger partial charge in [0.15, 0.2) is 0 Å². The number of hydrogen-bond acceptors (Lipinski definition) is 5. The van der Waals surface area contributed by atoms with Crippen molar-refractivity contribution in [3.8, 4) is 0 Å². The molecule has 7 heteroatoms. The van der Waals surface area contributed by atoms with Crippen molar-refractivity contribution in [2.24, 2.45) is 0 Å². The van der Waals surface area contributed by atoms with Crippen molar-refractivity contribution in [2.75, 3.05) is 11.9 Å². The minimum Gasteiger partial charge on any atom is -0.381 e. The molecule has 3 aromatic carbocycles. The van der Waals surface area contributed by atoms with Crippen molar-refractivity contribution < 1.29 is 9.59 Å². The number of nitrogens with one attached hydrogen (secondary N) is 5. The van der Waals surface area contributed by atoms with Crippen LogP contribution in [-0.2, 0) is 35.4 Å². The SMILES string of the molecule is O=C(NC1CCCc2ccccc21)C1Cc2ccc(NC3CNC(C(=O)NC4CCCc5ccccc54)C3)cc2CN1. The van der Waals surface area contributed by atoms with Gasteiger partial charge in [0.25, 0.3) is 0 Å². The van der Waals surface area contributed by atoms with Gasteiger partial charge in [0.1, 0.15) is 0 Å². The Kier molecular flexibility index (Phi) is 7.70. The third-order valence-corrected chi connectivity index (χ3v) is 9.68. The maximum absolute atomic E-state index is 13.2. The lowest BCUT2D eigenvalue weighted by molar-refractivity contribution is -0.124. The zero-order valence-electron chi connectivity index (χ0n) is 24.1. The Labute approximate surface area is 248 Å². The Morgan fingerprint density at radius 3 is 2.02 bits per heavy atom. The lowest BCUT2D eigenvalue weighted by Crippen LogP contribution is -2.48. The average Bonchev–Trinajstić information content (AvgIpc) is 3.50. The minimum atomic E-state index is -0.222. The van der Waals surface area contributed by atoms with E-state index in [0.717, 1.165) is 57.2 Å². The normalized spacial score (nSPS) is 26.3. The summed E-state index contributed by atoms with van der Waals surface area (Å²) in [5.74, 6) is 0.180. The fourth-order valence-corrected chi connectivity index (χ4v) is 7.42. The van der Waals surface area contributed by atoms with E-state index in [2.05, 4.69) is 93.3 Å². The van der Waals surface area contributed by atoms with Gasteiger partial charge < -0.3 is 26.6 Å². The van der Waals surface area contributed by atoms with Gasteiger partial charge in [0, 0.05) is 24.8 Å². The average molecular weight is 564 g/mol. The van der Waals surface area contributed by atoms with E-state index in [0.29, 0.717) is 13.0 Å². The molecule has 42 heavy (non-hydrogen) atoms. The first kappa shape index (κ1) is 27.2. The van der Waals surface area contributed by atoms with Crippen LogP contribution in [0.4, 0.5) is 5.69 Å². The van der Waals surface area contributed by atoms with Crippen LogP contribution in [0.1, 0.15) is 77.6 Å². The van der Waals surface area contributed by atoms with E-state index in [4.69, 9.17) is 0 Å². The highest BCUT2D eigenvalue weighted by atomic mass is 16.2. The molecule has 2 heterocycles. The summed E-state index contributed by atoms with van der Waals surface area (Å²) >= 11 is 0. The Bertz CT molecular complexity index is 1470. The molecule has 2 aliphatic carbocycles. The zero-order chi connectivity index (χ0) is 28.5. The van der Waals surface area contributed by atoms with Gasteiger partial charge in [-0.15, -0.1) is 0 Å². The summed E-state index contributed by atoms with van der Waals surface area (Å²) in [6.45, 7) is 1.42. The number of aryl methyl sites for hydroxylation is 2. The van der Waals surface area contributed by atoms with Crippen molar-refractivity contribution in [1.82, 2.24) is 21.3 Å². The Morgan fingerprint density at radius 1 is 0.690 bits per heavy atom. The van der Waals surface area contributed by atoms with Crippen LogP contribution in [0.3, 0.4) is 0 Å². The van der Waals surface area contributed by atoms with Crippen LogP contribution in [-0.4, -0.2) is 36.5 Å². The summed E-state index contributed by atoms with van der Waals surface area (Å²) < 4.78 is 0. The van der Waals surface area contributed by atoms with Gasteiger partial charge in [-0.25, -0.2) is 0 Å². The Balaban J connectivity index is 0.922. The maximum Gasteiger partial charge on any atom is 0.237 e. The lowest BCUT2D eigenvalue weighted by Gasteiger charge is -2.30. The number of amides is 2. The second-order valence-corrected chi connectivity index (χ2v) is 12.5. The van der Waals surface area contributed by atoms with Crippen LogP contribution in [0.15, 0.2) is 66.7 Å². The molecule has 2 amide bonds. The fourth-order valence-electron chi connectivity index (χ4n) is 7.42. The molecule has 4 aliphatic rings. The predicted molar refractivity (Wildman–Crippen MR) is 165 cm³/mol. The molecule has 1 saturated heterocycles. The second-order valence-electron chi connectivity index (χ2n) is 12.5. The minimum absolute atomic E-state index is 0.0858. The third kappa shape index (κ3) is 5.68. The topological polar surface area (TPSA) is 94.3 Å². The van der Waals surface area contributed by atoms with Crippen LogP contribution in [0.5, 0.6) is 0 Å². The predicted octanol–water partition coefficient (Wildman–Crippen LogP) is 4.23. The summed E-state index contributed by atoms with van der Waals surface area (Å²) in [6.07, 6.45) is 7.83. The summed E-state index contributed by atoms with van der Waals surface area (Å²) in [6, 6.07) is 23.4. The fraction of sp³-hybridized carbons (Fsp3) is 0.429. The quantitative estimate of drug-likeness (QED) is 0.310. The summed E-state index contributed by atoms with van der Waals surface area (Å²) in [5.41, 5.74) is 8.76. The maximum atomic E-state index is 13.2. The molecule has 0 saturated carbocycles. The molecule has 7 nitrogen and oxygen atoms in total. The van der Waals surface area contributed by atoms with E-state index in [-0.39, 0.29) is 42.0 Å². The highest BCUT2D eigenvalue weighted by Crippen LogP contribution is 2.31.